The molecule has 1 aliphatic rings. The van der Waals surface area contributed by atoms with E-state index in [9.17, 15) is 13.2 Å². The maximum Gasteiger partial charge on any atom is 0.355 e. The highest BCUT2D eigenvalue weighted by Gasteiger charge is 2.31. The third-order valence-corrected chi connectivity index (χ3v) is 4.66. The molecule has 1 aromatic heterocycles. The van der Waals surface area contributed by atoms with Crippen molar-refractivity contribution in [2.45, 2.75) is 6.92 Å². The fourth-order valence-corrected chi connectivity index (χ4v) is 3.09. The molecule has 0 radical (unpaired) electrons. The number of hydrogen-bond acceptors (Lipinski definition) is 6. The maximum atomic E-state index is 11.9. The van der Waals surface area contributed by atoms with Gasteiger partial charge in [-0.25, -0.2) is 14.1 Å². The van der Waals surface area contributed by atoms with Crippen LogP contribution < -0.4 is 0 Å². The van der Waals surface area contributed by atoms with Crippen LogP contribution in [-0.4, -0.2) is 43.5 Å². The predicted molar refractivity (Wildman–Crippen MR) is 70.2 cm³/mol. The van der Waals surface area contributed by atoms with Crippen molar-refractivity contribution in [1.82, 2.24) is 9.29 Å². The van der Waals surface area contributed by atoms with Gasteiger partial charge in [0.1, 0.15) is 16.4 Å². The van der Waals surface area contributed by atoms with E-state index in [4.69, 9.17) is 0 Å². The smallest absolute Gasteiger partial charge is 0.355 e. The molecule has 2 rings (SSSR count). The van der Waals surface area contributed by atoms with Gasteiger partial charge < -0.3 is 4.74 Å². The van der Waals surface area contributed by atoms with Gasteiger partial charge in [-0.05, 0) is 13.0 Å². The Morgan fingerprint density at radius 2 is 2.16 bits per heavy atom. The molecule has 19 heavy (non-hydrogen) atoms. The van der Waals surface area contributed by atoms with Crippen LogP contribution in [0, 0.1) is 6.92 Å². The largest absolute Gasteiger partial charge is 0.464 e. The van der Waals surface area contributed by atoms with Crippen LogP contribution in [0.3, 0.4) is 0 Å². The molecule has 0 bridgehead atoms. The molecule has 0 N–H and O–H groups in total. The van der Waals surface area contributed by atoms with Gasteiger partial charge in [-0.2, -0.15) is 8.42 Å². The van der Waals surface area contributed by atoms with Gasteiger partial charge in [-0.15, -0.1) is 15.7 Å². The zero-order valence-corrected chi connectivity index (χ0v) is 12.1. The average molecular weight is 301 g/mol. The Labute approximate surface area is 114 Å². The minimum absolute atomic E-state index is 0.0969. The summed E-state index contributed by atoms with van der Waals surface area (Å²) in [4.78, 5) is 16.6. The monoisotopic (exact) mass is 301 g/mol. The van der Waals surface area contributed by atoms with Gasteiger partial charge in [0.05, 0.1) is 7.11 Å². The first-order valence-electron chi connectivity index (χ1n) is 5.17. The van der Waals surface area contributed by atoms with Gasteiger partial charge >= 0.3 is 16.2 Å². The van der Waals surface area contributed by atoms with Crippen LogP contribution in [0.15, 0.2) is 22.4 Å². The van der Waals surface area contributed by atoms with Crippen LogP contribution in [0.5, 0.6) is 0 Å². The molecular formula is C10H11N3O4S2. The van der Waals surface area contributed by atoms with E-state index >= 15 is 0 Å². The summed E-state index contributed by atoms with van der Waals surface area (Å²) in [6, 6.07) is 0. The molecule has 0 aliphatic carbocycles. The van der Waals surface area contributed by atoms with Crippen molar-refractivity contribution in [3.63, 3.8) is 0 Å². The number of aryl methyl sites for hydroxylation is 1. The topological polar surface area (TPSA) is 88.9 Å². The molecule has 0 fully saturated rings. The van der Waals surface area contributed by atoms with E-state index in [1.165, 1.54) is 31.6 Å². The normalized spacial score (nSPS) is 17.7. The molecule has 0 amide bonds. The van der Waals surface area contributed by atoms with E-state index in [0.717, 1.165) is 9.18 Å². The first-order valence-corrected chi connectivity index (χ1v) is 7.38. The molecule has 0 saturated carbocycles. The number of nitrogens with zero attached hydrogens (tertiary/aromatic N) is 3. The van der Waals surface area contributed by atoms with Crippen molar-refractivity contribution in [3.05, 3.63) is 27.9 Å². The molecule has 102 valence electrons. The van der Waals surface area contributed by atoms with Crippen molar-refractivity contribution in [3.8, 4) is 0 Å². The van der Waals surface area contributed by atoms with Crippen LogP contribution in [0.4, 0.5) is 0 Å². The number of carbonyl (C=O) groups excluding carboxylic acids is 1. The lowest BCUT2D eigenvalue weighted by molar-refractivity contribution is -0.137. The van der Waals surface area contributed by atoms with E-state index in [1.54, 1.807) is 6.20 Å². The molecule has 0 unspecified atom stereocenters. The molecule has 0 spiro atoms. The van der Waals surface area contributed by atoms with Gasteiger partial charge in [0, 0.05) is 18.1 Å². The Hall–Kier alpha value is -1.74. The van der Waals surface area contributed by atoms with Gasteiger partial charge in [0.15, 0.2) is 0 Å². The second kappa shape index (κ2) is 4.74. The van der Waals surface area contributed by atoms with Crippen molar-refractivity contribution < 1.29 is 17.9 Å². The second-order valence-electron chi connectivity index (χ2n) is 3.72. The number of ether oxygens (including phenoxy) is 1. The van der Waals surface area contributed by atoms with Gasteiger partial charge in [-0.1, -0.05) is 0 Å². The number of esters is 1. The number of allylic oxidation sites excluding steroid dienone is 1. The predicted octanol–water partition coefficient (Wildman–Crippen LogP) is 0.488. The molecule has 1 aliphatic heterocycles. The third kappa shape index (κ3) is 2.51. The number of methoxy groups -OCH3 is 1. The van der Waals surface area contributed by atoms with Gasteiger partial charge in [0.2, 0.25) is 0 Å². The van der Waals surface area contributed by atoms with Crippen LogP contribution in [-0.2, 0) is 19.7 Å². The molecule has 2 heterocycles. The number of hydrogen-bond donors (Lipinski definition) is 0. The molecule has 1 aromatic rings. The maximum absolute atomic E-state index is 11.9. The Kier molecular flexibility index (Phi) is 3.42. The number of carbonyl (C=O) groups is 1. The summed E-state index contributed by atoms with van der Waals surface area (Å²) in [6.45, 7) is 1.84. The number of thiazole rings is 1. The molecule has 0 saturated heterocycles. The van der Waals surface area contributed by atoms with E-state index in [0.29, 0.717) is 5.01 Å². The van der Waals surface area contributed by atoms with Crippen molar-refractivity contribution in [2.24, 2.45) is 4.40 Å². The summed E-state index contributed by atoms with van der Waals surface area (Å²) in [7, 11) is -1.51. The quantitative estimate of drug-likeness (QED) is 0.742. The molecule has 7 nitrogen and oxygen atoms in total. The molecule has 0 atom stereocenters. The van der Waals surface area contributed by atoms with E-state index < -0.39 is 16.2 Å². The first kappa shape index (κ1) is 13.7. The van der Waals surface area contributed by atoms with Crippen molar-refractivity contribution in [1.29, 1.82) is 0 Å². The Balaban J connectivity index is 2.55. The zero-order chi connectivity index (χ0) is 14.2. The number of rotatable bonds is 2. The summed E-state index contributed by atoms with van der Waals surface area (Å²) in [6.07, 6.45) is 2.96. The Bertz CT molecular complexity index is 687. The molecule has 9 heteroatoms. The second-order valence-corrected chi connectivity index (χ2v) is 6.58. The lowest BCUT2D eigenvalue weighted by atomic mass is 10.3. The minimum Gasteiger partial charge on any atom is -0.464 e. The Morgan fingerprint density at radius 3 is 2.68 bits per heavy atom. The van der Waals surface area contributed by atoms with Gasteiger partial charge in [0.25, 0.3) is 0 Å². The summed E-state index contributed by atoms with van der Waals surface area (Å²) in [5.74, 6) is -0.744. The molecular weight excluding hydrogens is 290 g/mol. The zero-order valence-electron chi connectivity index (χ0n) is 10.4. The lowest BCUT2D eigenvalue weighted by Gasteiger charge is -2.21. The fourth-order valence-electron chi connectivity index (χ4n) is 1.42. The standard InChI is InChI=1S/C10H11N3O4S2/c1-6-5-11-9(18-6)7-4-8(10(14)17-3)13(2)19(15,16)12-7/h4-5H,1-3H3. The highest BCUT2D eigenvalue weighted by Crippen LogP contribution is 2.22. The van der Waals surface area contributed by atoms with E-state index in [-0.39, 0.29) is 11.4 Å². The van der Waals surface area contributed by atoms with Crippen LogP contribution in [0.2, 0.25) is 0 Å². The van der Waals surface area contributed by atoms with Crippen LogP contribution >= 0.6 is 11.3 Å². The summed E-state index contributed by atoms with van der Waals surface area (Å²) < 4.78 is 32.7. The number of aromatic nitrogens is 1. The highest BCUT2D eigenvalue weighted by atomic mass is 32.2. The van der Waals surface area contributed by atoms with Crippen LogP contribution in [0.1, 0.15) is 9.88 Å². The first-order chi connectivity index (χ1) is 8.85. The fraction of sp³-hybridized carbons (Fsp3) is 0.300. The summed E-state index contributed by atoms with van der Waals surface area (Å²) in [5, 5.41) is 0.440. The summed E-state index contributed by atoms with van der Waals surface area (Å²) in [5.41, 5.74) is 0.0388. The Morgan fingerprint density at radius 1 is 1.47 bits per heavy atom. The highest BCUT2D eigenvalue weighted by molar-refractivity contribution is 7.88. The van der Waals surface area contributed by atoms with Gasteiger partial charge in [-0.3, -0.25) is 0 Å². The average Bonchev–Trinajstić information content (AvgIpc) is 2.78. The van der Waals surface area contributed by atoms with Crippen molar-refractivity contribution >= 4 is 33.2 Å². The lowest BCUT2D eigenvalue weighted by Crippen LogP contribution is -2.33. The number of likely N-dealkylation sites (N-methyl/N-ethyl adjacent to an activating group) is 1. The van der Waals surface area contributed by atoms with E-state index in [1.807, 2.05) is 6.92 Å². The summed E-state index contributed by atoms with van der Waals surface area (Å²) >= 11 is 1.30. The SMILES string of the molecule is COC(=O)C1=CC(c2ncc(C)s2)=NS(=O)(=O)N1C. The third-order valence-electron chi connectivity index (χ3n) is 2.41. The van der Waals surface area contributed by atoms with E-state index in [2.05, 4.69) is 14.1 Å². The van der Waals surface area contributed by atoms with Crippen LogP contribution in [0.25, 0.3) is 0 Å². The van der Waals surface area contributed by atoms with Crippen molar-refractivity contribution in [2.75, 3.05) is 14.2 Å². The molecule has 0 aromatic carbocycles. The minimum atomic E-state index is -3.93.